The maximum absolute atomic E-state index is 12.2. The molecule has 0 aliphatic rings. The highest BCUT2D eigenvalue weighted by Crippen LogP contribution is 2.21. The van der Waals surface area contributed by atoms with E-state index in [1.54, 1.807) is 43.4 Å². The van der Waals surface area contributed by atoms with Crippen molar-refractivity contribution >= 4 is 37.3 Å². The maximum atomic E-state index is 12.2. The summed E-state index contributed by atoms with van der Waals surface area (Å²) < 4.78 is 27.8. The molecule has 0 saturated heterocycles. The fourth-order valence-corrected chi connectivity index (χ4v) is 2.98. The number of anilines is 2. The Bertz CT molecular complexity index is 672. The second-order valence-electron chi connectivity index (χ2n) is 3.72. The molecular weight excluding hydrogens is 330 g/mol. The van der Waals surface area contributed by atoms with Gasteiger partial charge in [0.25, 0.3) is 10.0 Å². The molecule has 0 saturated carbocycles. The molecule has 0 radical (unpaired) electrons. The fraction of sp³-hybridized carbons (Fsp3) is 0.0833. The van der Waals surface area contributed by atoms with Crippen molar-refractivity contribution in [3.05, 3.63) is 47.1 Å². The van der Waals surface area contributed by atoms with Gasteiger partial charge in [-0.25, -0.2) is 4.98 Å². The molecule has 0 aliphatic carbocycles. The van der Waals surface area contributed by atoms with Gasteiger partial charge in [-0.15, -0.1) is 0 Å². The molecule has 2 rings (SSSR count). The normalized spacial score (nSPS) is 11.1. The third-order valence-electron chi connectivity index (χ3n) is 2.39. The van der Waals surface area contributed by atoms with Crippen molar-refractivity contribution in [1.29, 1.82) is 0 Å². The van der Waals surface area contributed by atoms with Crippen LogP contribution in [0.2, 0.25) is 0 Å². The quantitative estimate of drug-likeness (QED) is 0.896. The Morgan fingerprint density at radius 3 is 2.47 bits per heavy atom. The zero-order chi connectivity index (χ0) is 13.9. The van der Waals surface area contributed by atoms with Crippen LogP contribution in [0.15, 0.2) is 52.1 Å². The smallest absolute Gasteiger partial charge is 0.281 e. The van der Waals surface area contributed by atoms with Gasteiger partial charge in [0, 0.05) is 23.4 Å². The molecule has 0 aliphatic heterocycles. The van der Waals surface area contributed by atoms with E-state index in [0.29, 0.717) is 11.4 Å². The van der Waals surface area contributed by atoms with Gasteiger partial charge in [0.2, 0.25) is 0 Å². The van der Waals surface area contributed by atoms with Gasteiger partial charge in [0.05, 0.1) is 5.69 Å². The molecule has 0 fully saturated rings. The van der Waals surface area contributed by atoms with Gasteiger partial charge in [0.15, 0.2) is 5.03 Å². The van der Waals surface area contributed by atoms with Gasteiger partial charge in [-0.3, -0.25) is 4.72 Å². The van der Waals surface area contributed by atoms with E-state index < -0.39 is 10.0 Å². The third kappa shape index (κ3) is 3.24. The van der Waals surface area contributed by atoms with Crippen LogP contribution in [-0.2, 0) is 10.0 Å². The average Bonchev–Trinajstić information content (AvgIpc) is 2.41. The number of sulfonamides is 1. The summed E-state index contributed by atoms with van der Waals surface area (Å²) in [5, 5.41) is 2.78. The molecule has 0 bridgehead atoms. The fourth-order valence-electron chi connectivity index (χ4n) is 1.52. The van der Waals surface area contributed by atoms with Crippen molar-refractivity contribution in [3.63, 3.8) is 0 Å². The standard InChI is InChI=1S/C12H12BrN3O2S/c1-14-11-3-2-8-15-12(11)19(17,18)16-10-6-4-9(13)5-7-10/h2-8,14,16H,1H3. The van der Waals surface area contributed by atoms with Crippen LogP contribution in [0.25, 0.3) is 0 Å². The summed E-state index contributed by atoms with van der Waals surface area (Å²) in [6, 6.07) is 10.2. The molecule has 1 heterocycles. The SMILES string of the molecule is CNc1cccnc1S(=O)(=O)Nc1ccc(Br)cc1. The molecule has 5 nitrogen and oxygen atoms in total. The molecule has 1 aromatic heterocycles. The van der Waals surface area contributed by atoms with Crippen molar-refractivity contribution in [1.82, 2.24) is 4.98 Å². The number of pyridine rings is 1. The van der Waals surface area contributed by atoms with Gasteiger partial charge in [0.1, 0.15) is 0 Å². The van der Waals surface area contributed by atoms with E-state index >= 15 is 0 Å². The Morgan fingerprint density at radius 1 is 1.16 bits per heavy atom. The molecule has 1 aromatic carbocycles. The lowest BCUT2D eigenvalue weighted by Crippen LogP contribution is -2.16. The second kappa shape index (κ2) is 5.58. The van der Waals surface area contributed by atoms with Gasteiger partial charge in [-0.05, 0) is 36.4 Å². The lowest BCUT2D eigenvalue weighted by atomic mass is 10.3. The van der Waals surface area contributed by atoms with Gasteiger partial charge in [-0.1, -0.05) is 15.9 Å². The van der Waals surface area contributed by atoms with Crippen LogP contribution in [0.4, 0.5) is 11.4 Å². The first-order chi connectivity index (χ1) is 9.03. The highest BCUT2D eigenvalue weighted by Gasteiger charge is 2.19. The van der Waals surface area contributed by atoms with Crippen LogP contribution in [0.3, 0.4) is 0 Å². The zero-order valence-electron chi connectivity index (χ0n) is 10.1. The predicted molar refractivity (Wildman–Crippen MR) is 78.7 cm³/mol. The first-order valence-electron chi connectivity index (χ1n) is 5.44. The third-order valence-corrected chi connectivity index (χ3v) is 4.26. The Balaban J connectivity index is 2.35. The molecule has 19 heavy (non-hydrogen) atoms. The monoisotopic (exact) mass is 341 g/mol. The molecule has 0 atom stereocenters. The Labute approximate surface area is 120 Å². The van der Waals surface area contributed by atoms with E-state index in [4.69, 9.17) is 0 Å². The van der Waals surface area contributed by atoms with Gasteiger partial charge < -0.3 is 5.32 Å². The first-order valence-corrected chi connectivity index (χ1v) is 7.72. The molecular formula is C12H12BrN3O2S. The molecule has 7 heteroatoms. The number of rotatable bonds is 4. The minimum atomic E-state index is -3.71. The molecule has 100 valence electrons. The second-order valence-corrected chi connectivity index (χ2v) is 6.23. The van der Waals surface area contributed by atoms with E-state index in [1.807, 2.05) is 0 Å². The molecule has 0 amide bonds. The van der Waals surface area contributed by atoms with Crippen molar-refractivity contribution < 1.29 is 8.42 Å². The summed E-state index contributed by atoms with van der Waals surface area (Å²) in [5.41, 5.74) is 0.933. The Kier molecular flexibility index (Phi) is 4.06. The number of benzene rings is 1. The maximum Gasteiger partial charge on any atom is 0.281 e. The van der Waals surface area contributed by atoms with E-state index in [2.05, 4.69) is 31.0 Å². The lowest BCUT2D eigenvalue weighted by Gasteiger charge is -2.10. The number of aromatic nitrogens is 1. The van der Waals surface area contributed by atoms with Crippen LogP contribution >= 0.6 is 15.9 Å². The number of hydrogen-bond donors (Lipinski definition) is 2. The summed E-state index contributed by atoms with van der Waals surface area (Å²) in [4.78, 5) is 3.91. The largest absolute Gasteiger partial charge is 0.386 e. The van der Waals surface area contributed by atoms with Crippen LogP contribution < -0.4 is 10.0 Å². The summed E-state index contributed by atoms with van der Waals surface area (Å²) in [6.45, 7) is 0. The Hall–Kier alpha value is -1.60. The lowest BCUT2D eigenvalue weighted by molar-refractivity contribution is 0.598. The Morgan fingerprint density at radius 2 is 1.84 bits per heavy atom. The summed E-state index contributed by atoms with van der Waals surface area (Å²) >= 11 is 3.29. The molecule has 2 N–H and O–H groups in total. The van der Waals surface area contributed by atoms with Crippen molar-refractivity contribution in [2.45, 2.75) is 5.03 Å². The van der Waals surface area contributed by atoms with Crippen molar-refractivity contribution in [2.24, 2.45) is 0 Å². The van der Waals surface area contributed by atoms with E-state index in [9.17, 15) is 8.42 Å². The summed E-state index contributed by atoms with van der Waals surface area (Å²) in [7, 11) is -2.06. The average molecular weight is 342 g/mol. The minimum Gasteiger partial charge on any atom is -0.386 e. The van der Waals surface area contributed by atoms with Crippen molar-refractivity contribution in [3.8, 4) is 0 Å². The summed E-state index contributed by atoms with van der Waals surface area (Å²) in [5.74, 6) is 0. The first kappa shape index (κ1) is 13.8. The number of nitrogens with zero attached hydrogens (tertiary/aromatic N) is 1. The number of halogens is 1. The van der Waals surface area contributed by atoms with Gasteiger partial charge >= 0.3 is 0 Å². The number of nitrogens with one attached hydrogen (secondary N) is 2. The number of hydrogen-bond acceptors (Lipinski definition) is 4. The van der Waals surface area contributed by atoms with E-state index in [0.717, 1.165) is 4.47 Å². The van der Waals surface area contributed by atoms with Crippen LogP contribution in [0.1, 0.15) is 0 Å². The molecule has 2 aromatic rings. The predicted octanol–water partition coefficient (Wildman–Crippen LogP) is 2.69. The zero-order valence-corrected chi connectivity index (χ0v) is 12.5. The highest BCUT2D eigenvalue weighted by atomic mass is 79.9. The topological polar surface area (TPSA) is 71.1 Å². The molecule has 0 unspecified atom stereocenters. The highest BCUT2D eigenvalue weighted by molar-refractivity contribution is 9.10. The van der Waals surface area contributed by atoms with Crippen molar-refractivity contribution in [2.75, 3.05) is 17.1 Å². The van der Waals surface area contributed by atoms with Gasteiger partial charge in [-0.2, -0.15) is 8.42 Å². The summed E-state index contributed by atoms with van der Waals surface area (Å²) in [6.07, 6.45) is 1.44. The molecule has 0 spiro atoms. The van der Waals surface area contributed by atoms with Crippen LogP contribution in [-0.4, -0.2) is 20.4 Å². The van der Waals surface area contributed by atoms with E-state index in [1.165, 1.54) is 6.20 Å². The van der Waals surface area contributed by atoms with Crippen LogP contribution in [0.5, 0.6) is 0 Å². The van der Waals surface area contributed by atoms with Crippen LogP contribution in [0, 0.1) is 0 Å². The minimum absolute atomic E-state index is 0.0274. The van der Waals surface area contributed by atoms with E-state index in [-0.39, 0.29) is 5.03 Å².